The fraction of sp³-hybridized carbons (Fsp3) is 0.409. The van der Waals surface area contributed by atoms with Gasteiger partial charge in [0, 0.05) is 33.8 Å². The number of amides is 1. The van der Waals surface area contributed by atoms with Crippen LogP contribution in [0.2, 0.25) is 0 Å². The third-order valence-corrected chi connectivity index (χ3v) is 6.51. The van der Waals surface area contributed by atoms with Crippen molar-refractivity contribution in [2.75, 3.05) is 11.1 Å². The molecule has 0 radical (unpaired) electrons. The van der Waals surface area contributed by atoms with Crippen molar-refractivity contribution in [2.24, 2.45) is 11.8 Å². The first-order valence-corrected chi connectivity index (χ1v) is 11.5. The highest BCUT2D eigenvalue weighted by Gasteiger charge is 2.36. The highest BCUT2D eigenvalue weighted by molar-refractivity contribution is 9.10. The fourth-order valence-electron chi connectivity index (χ4n) is 3.72. The van der Waals surface area contributed by atoms with Gasteiger partial charge in [-0.05, 0) is 49.4 Å². The first-order valence-electron chi connectivity index (χ1n) is 9.74. The largest absolute Gasteiger partial charge is 0.352 e. The Morgan fingerprint density at radius 2 is 2.07 bits per heavy atom. The molecule has 1 aromatic rings. The molecule has 2 aliphatic rings. The number of hydrogen-bond acceptors (Lipinski definition) is 5. The topological polar surface area (TPSA) is 82.0 Å². The van der Waals surface area contributed by atoms with Crippen molar-refractivity contribution in [3.8, 4) is 6.07 Å². The number of anilines is 1. The number of rotatable bonds is 6. The number of carbonyl (C=O) groups excluding carboxylic acids is 2. The molecule has 0 bridgehead atoms. The summed E-state index contributed by atoms with van der Waals surface area (Å²) in [4.78, 5) is 25.0. The maximum absolute atomic E-state index is 12.6. The zero-order chi connectivity index (χ0) is 21.0. The van der Waals surface area contributed by atoms with Crippen LogP contribution in [0.25, 0.3) is 0 Å². The van der Waals surface area contributed by atoms with Gasteiger partial charge in [0.1, 0.15) is 0 Å². The molecule has 7 heteroatoms. The number of benzene rings is 1. The number of allylic oxidation sites excluding steroid dienone is 3. The first-order chi connectivity index (χ1) is 13.9. The SMILES string of the molecule is CC(C)C[C@H]1C(C#N)=C(SCC(=O)Nc2ccc(Br)cc2)NC2=C1C(=O)CCC2. The number of carbonyl (C=O) groups is 2. The minimum atomic E-state index is -0.180. The average Bonchev–Trinajstić information content (AvgIpc) is 2.67. The minimum absolute atomic E-state index is 0.135. The minimum Gasteiger partial charge on any atom is -0.352 e. The van der Waals surface area contributed by atoms with Crippen LogP contribution in [0.15, 0.2) is 50.6 Å². The molecule has 0 saturated carbocycles. The average molecular weight is 474 g/mol. The van der Waals surface area contributed by atoms with Crippen molar-refractivity contribution >= 4 is 45.1 Å². The van der Waals surface area contributed by atoms with Crippen molar-refractivity contribution < 1.29 is 9.59 Å². The molecule has 0 saturated heterocycles. The lowest BCUT2D eigenvalue weighted by atomic mass is 9.77. The van der Waals surface area contributed by atoms with E-state index in [0.29, 0.717) is 22.9 Å². The Morgan fingerprint density at radius 3 is 2.72 bits per heavy atom. The zero-order valence-electron chi connectivity index (χ0n) is 16.5. The first kappa shape index (κ1) is 21.7. The number of hydrogen-bond donors (Lipinski definition) is 2. The number of dihydropyridines is 1. The summed E-state index contributed by atoms with van der Waals surface area (Å²) in [6, 6.07) is 9.71. The van der Waals surface area contributed by atoms with Crippen molar-refractivity contribution in [1.82, 2.24) is 5.32 Å². The Labute approximate surface area is 184 Å². The van der Waals surface area contributed by atoms with Gasteiger partial charge in [0.05, 0.1) is 22.4 Å². The Bertz CT molecular complexity index is 913. The molecule has 0 unspecified atom stereocenters. The summed E-state index contributed by atoms with van der Waals surface area (Å²) in [6.07, 6.45) is 2.93. The second-order valence-electron chi connectivity index (χ2n) is 7.67. The van der Waals surface area contributed by atoms with Crippen molar-refractivity contribution in [3.63, 3.8) is 0 Å². The van der Waals surface area contributed by atoms with Gasteiger partial charge in [0.25, 0.3) is 0 Å². The molecule has 2 N–H and O–H groups in total. The number of nitrogens with one attached hydrogen (secondary N) is 2. The maximum Gasteiger partial charge on any atom is 0.234 e. The Morgan fingerprint density at radius 1 is 1.34 bits per heavy atom. The van der Waals surface area contributed by atoms with Crippen LogP contribution in [0, 0.1) is 23.2 Å². The molecule has 3 rings (SSSR count). The molecule has 1 aliphatic carbocycles. The monoisotopic (exact) mass is 473 g/mol. The summed E-state index contributed by atoms with van der Waals surface area (Å²) in [5.74, 6) is 0.380. The number of Topliss-reactive ketones (excluding diaryl/α,β-unsaturated/α-hetero) is 1. The van der Waals surface area contributed by atoms with Crippen LogP contribution in [0.1, 0.15) is 39.5 Å². The molecule has 1 heterocycles. The maximum atomic E-state index is 12.6. The summed E-state index contributed by atoms with van der Waals surface area (Å²) in [7, 11) is 0. The molecule has 1 amide bonds. The van der Waals surface area contributed by atoms with E-state index in [-0.39, 0.29) is 23.4 Å². The van der Waals surface area contributed by atoms with Gasteiger partial charge in [-0.2, -0.15) is 5.26 Å². The lowest BCUT2D eigenvalue weighted by molar-refractivity contribution is -0.116. The van der Waals surface area contributed by atoms with Crippen LogP contribution in [0.4, 0.5) is 5.69 Å². The highest BCUT2D eigenvalue weighted by atomic mass is 79.9. The van der Waals surface area contributed by atoms with Crippen LogP contribution < -0.4 is 10.6 Å². The summed E-state index contributed by atoms with van der Waals surface area (Å²) in [6.45, 7) is 4.20. The lowest BCUT2D eigenvalue weighted by Gasteiger charge is -2.33. The van der Waals surface area contributed by atoms with E-state index in [9.17, 15) is 14.9 Å². The van der Waals surface area contributed by atoms with Gasteiger partial charge in [-0.15, -0.1) is 0 Å². The quantitative estimate of drug-likeness (QED) is 0.598. The van der Waals surface area contributed by atoms with E-state index < -0.39 is 0 Å². The lowest BCUT2D eigenvalue weighted by Crippen LogP contribution is -2.33. The second-order valence-corrected chi connectivity index (χ2v) is 9.58. The molecule has 1 aliphatic heterocycles. The second kappa shape index (κ2) is 9.64. The van der Waals surface area contributed by atoms with E-state index in [0.717, 1.165) is 40.7 Å². The van der Waals surface area contributed by atoms with Crippen LogP contribution >= 0.6 is 27.7 Å². The van der Waals surface area contributed by atoms with Gasteiger partial charge < -0.3 is 10.6 Å². The Hall–Kier alpha value is -2.04. The van der Waals surface area contributed by atoms with E-state index in [4.69, 9.17) is 0 Å². The van der Waals surface area contributed by atoms with Gasteiger partial charge in [-0.25, -0.2) is 0 Å². The predicted octanol–water partition coefficient (Wildman–Crippen LogP) is 5.13. The number of nitriles is 1. The third-order valence-electron chi connectivity index (χ3n) is 4.97. The molecular formula is C22H24BrN3O2S. The van der Waals surface area contributed by atoms with Crippen LogP contribution in [0.5, 0.6) is 0 Å². The molecule has 29 heavy (non-hydrogen) atoms. The van der Waals surface area contributed by atoms with E-state index in [2.05, 4.69) is 46.5 Å². The molecule has 152 valence electrons. The Balaban J connectivity index is 1.76. The van der Waals surface area contributed by atoms with Crippen LogP contribution in [-0.2, 0) is 9.59 Å². The normalized spacial score (nSPS) is 19.0. The van der Waals surface area contributed by atoms with Crippen molar-refractivity contribution in [2.45, 2.75) is 39.5 Å². The Kier molecular flexibility index (Phi) is 7.20. The molecule has 0 fully saturated rings. The molecule has 1 atom stereocenters. The summed E-state index contributed by atoms with van der Waals surface area (Å²) >= 11 is 4.70. The molecule has 1 aromatic carbocycles. The number of nitrogens with zero attached hydrogens (tertiary/aromatic N) is 1. The summed E-state index contributed by atoms with van der Waals surface area (Å²) in [5, 5.41) is 16.7. The van der Waals surface area contributed by atoms with Gasteiger partial charge in [-0.3, -0.25) is 9.59 Å². The molecule has 5 nitrogen and oxygen atoms in total. The standard InChI is InChI=1S/C22H24BrN3O2S/c1-13(2)10-16-17(11-24)22(26-18-4-3-5-19(27)21(16)18)29-12-20(28)25-15-8-6-14(23)7-9-15/h6-9,13,16,26H,3-5,10,12H2,1-2H3,(H,25,28)/t16-/m0/s1. The molecule has 0 aromatic heterocycles. The highest BCUT2D eigenvalue weighted by Crippen LogP contribution is 2.41. The predicted molar refractivity (Wildman–Crippen MR) is 120 cm³/mol. The number of thioether (sulfide) groups is 1. The third kappa shape index (κ3) is 5.31. The number of halogens is 1. The van der Waals surface area contributed by atoms with Gasteiger partial charge >= 0.3 is 0 Å². The van der Waals surface area contributed by atoms with E-state index in [1.165, 1.54) is 11.8 Å². The zero-order valence-corrected chi connectivity index (χ0v) is 19.0. The molecular weight excluding hydrogens is 450 g/mol. The fourth-order valence-corrected chi connectivity index (χ4v) is 4.87. The van der Waals surface area contributed by atoms with E-state index >= 15 is 0 Å². The molecule has 0 spiro atoms. The summed E-state index contributed by atoms with van der Waals surface area (Å²) < 4.78 is 0.947. The number of ketones is 1. The van der Waals surface area contributed by atoms with Gasteiger partial charge in [0.15, 0.2) is 5.78 Å². The van der Waals surface area contributed by atoms with Crippen molar-refractivity contribution in [3.05, 3.63) is 50.6 Å². The van der Waals surface area contributed by atoms with Crippen LogP contribution in [-0.4, -0.2) is 17.4 Å². The van der Waals surface area contributed by atoms with Crippen molar-refractivity contribution in [1.29, 1.82) is 5.26 Å². The smallest absolute Gasteiger partial charge is 0.234 e. The van der Waals surface area contributed by atoms with Crippen LogP contribution in [0.3, 0.4) is 0 Å². The summed E-state index contributed by atoms with van der Waals surface area (Å²) in [5.41, 5.74) is 3.02. The van der Waals surface area contributed by atoms with E-state index in [1.54, 1.807) is 0 Å². The van der Waals surface area contributed by atoms with Gasteiger partial charge in [0.2, 0.25) is 5.91 Å². The van der Waals surface area contributed by atoms with E-state index in [1.807, 2.05) is 24.3 Å². The van der Waals surface area contributed by atoms with Gasteiger partial charge in [-0.1, -0.05) is 41.5 Å².